The third kappa shape index (κ3) is 2.83. The second-order valence-electron chi connectivity index (χ2n) is 4.48. The molecule has 0 saturated heterocycles. The zero-order valence-corrected chi connectivity index (χ0v) is 11.4. The predicted octanol–water partition coefficient (Wildman–Crippen LogP) is 2.68. The molecule has 0 unspecified atom stereocenters. The van der Waals surface area contributed by atoms with Crippen molar-refractivity contribution in [3.8, 4) is 0 Å². The van der Waals surface area contributed by atoms with E-state index in [2.05, 4.69) is 21.2 Å². The molecule has 88 valence electrons. The molecule has 3 N–H and O–H groups in total. The van der Waals surface area contributed by atoms with Gasteiger partial charge in [-0.15, -0.1) is 0 Å². The standard InChI is InChI=1S/C12H17BrN2O/c1-8-5-4-6-9(10(8)13)15-11(16)12(2,3)7-14/h4-6H,7,14H2,1-3H3,(H,15,16). The molecule has 4 heteroatoms. The highest BCUT2D eigenvalue weighted by Crippen LogP contribution is 2.27. The first-order valence-corrected chi connectivity index (χ1v) is 5.94. The molecule has 0 fully saturated rings. The van der Waals surface area contributed by atoms with E-state index in [1.54, 1.807) is 0 Å². The SMILES string of the molecule is Cc1cccc(NC(=O)C(C)(C)CN)c1Br. The van der Waals surface area contributed by atoms with Gasteiger partial charge < -0.3 is 11.1 Å². The molecule has 0 aliphatic carbocycles. The zero-order chi connectivity index (χ0) is 12.3. The highest BCUT2D eigenvalue weighted by atomic mass is 79.9. The van der Waals surface area contributed by atoms with Crippen molar-refractivity contribution >= 4 is 27.5 Å². The van der Waals surface area contributed by atoms with Crippen LogP contribution in [0.25, 0.3) is 0 Å². The molecule has 16 heavy (non-hydrogen) atoms. The van der Waals surface area contributed by atoms with Crippen molar-refractivity contribution in [1.29, 1.82) is 0 Å². The van der Waals surface area contributed by atoms with E-state index < -0.39 is 5.41 Å². The highest BCUT2D eigenvalue weighted by molar-refractivity contribution is 9.10. The van der Waals surface area contributed by atoms with Crippen molar-refractivity contribution in [3.63, 3.8) is 0 Å². The molecule has 0 aliphatic heterocycles. The number of carbonyl (C=O) groups is 1. The van der Waals surface area contributed by atoms with E-state index in [0.717, 1.165) is 15.7 Å². The van der Waals surface area contributed by atoms with Crippen LogP contribution in [0.3, 0.4) is 0 Å². The van der Waals surface area contributed by atoms with E-state index in [4.69, 9.17) is 5.73 Å². The summed E-state index contributed by atoms with van der Waals surface area (Å²) >= 11 is 3.45. The molecular weight excluding hydrogens is 268 g/mol. The summed E-state index contributed by atoms with van der Waals surface area (Å²) in [5.74, 6) is -0.0682. The Morgan fingerprint density at radius 2 is 2.12 bits per heavy atom. The van der Waals surface area contributed by atoms with Crippen molar-refractivity contribution in [2.24, 2.45) is 11.1 Å². The van der Waals surface area contributed by atoms with Gasteiger partial charge in [-0.3, -0.25) is 4.79 Å². The lowest BCUT2D eigenvalue weighted by atomic mass is 9.92. The van der Waals surface area contributed by atoms with E-state index >= 15 is 0 Å². The van der Waals surface area contributed by atoms with Crippen molar-refractivity contribution in [2.45, 2.75) is 20.8 Å². The minimum atomic E-state index is -0.552. The molecule has 0 aromatic heterocycles. The minimum Gasteiger partial charge on any atom is -0.329 e. The fourth-order valence-electron chi connectivity index (χ4n) is 1.13. The smallest absolute Gasteiger partial charge is 0.231 e. The molecule has 0 saturated carbocycles. The van der Waals surface area contributed by atoms with Crippen molar-refractivity contribution in [3.05, 3.63) is 28.2 Å². The van der Waals surface area contributed by atoms with Gasteiger partial charge in [0.05, 0.1) is 11.1 Å². The summed E-state index contributed by atoms with van der Waals surface area (Å²) in [5.41, 5.74) is 6.87. The van der Waals surface area contributed by atoms with Crippen LogP contribution in [-0.2, 0) is 4.79 Å². The van der Waals surface area contributed by atoms with Crippen LogP contribution < -0.4 is 11.1 Å². The Morgan fingerprint density at radius 1 is 1.50 bits per heavy atom. The van der Waals surface area contributed by atoms with Crippen LogP contribution in [-0.4, -0.2) is 12.5 Å². The number of carbonyl (C=O) groups excluding carboxylic acids is 1. The third-order valence-electron chi connectivity index (χ3n) is 2.56. The van der Waals surface area contributed by atoms with Gasteiger partial charge in [-0.1, -0.05) is 12.1 Å². The summed E-state index contributed by atoms with van der Waals surface area (Å²) in [6.45, 7) is 5.95. The number of amides is 1. The molecule has 1 aromatic rings. The lowest BCUT2D eigenvalue weighted by Crippen LogP contribution is -2.37. The Bertz CT molecular complexity index is 402. The van der Waals surface area contributed by atoms with Crippen LogP contribution >= 0.6 is 15.9 Å². The van der Waals surface area contributed by atoms with Crippen LogP contribution in [0, 0.1) is 12.3 Å². The van der Waals surface area contributed by atoms with Gasteiger partial charge in [-0.2, -0.15) is 0 Å². The summed E-state index contributed by atoms with van der Waals surface area (Å²) in [4.78, 5) is 11.9. The first kappa shape index (κ1) is 13.2. The molecule has 1 aromatic carbocycles. The first-order valence-electron chi connectivity index (χ1n) is 5.15. The monoisotopic (exact) mass is 284 g/mol. The molecule has 0 heterocycles. The maximum absolute atomic E-state index is 11.9. The van der Waals surface area contributed by atoms with Crippen LogP contribution in [0.5, 0.6) is 0 Å². The average Bonchev–Trinajstić information content (AvgIpc) is 2.24. The second-order valence-corrected chi connectivity index (χ2v) is 5.27. The van der Waals surface area contributed by atoms with Crippen molar-refractivity contribution in [2.75, 3.05) is 11.9 Å². The average molecular weight is 285 g/mol. The van der Waals surface area contributed by atoms with Gasteiger partial charge >= 0.3 is 0 Å². The van der Waals surface area contributed by atoms with E-state index in [1.807, 2.05) is 39.0 Å². The molecule has 1 amide bonds. The van der Waals surface area contributed by atoms with Crippen LogP contribution in [0.4, 0.5) is 5.69 Å². The Kier molecular flexibility index (Phi) is 4.10. The topological polar surface area (TPSA) is 55.1 Å². The summed E-state index contributed by atoms with van der Waals surface area (Å²) in [6, 6.07) is 5.75. The maximum Gasteiger partial charge on any atom is 0.231 e. The van der Waals surface area contributed by atoms with E-state index in [1.165, 1.54) is 0 Å². The molecule has 3 nitrogen and oxygen atoms in total. The number of nitrogens with one attached hydrogen (secondary N) is 1. The fourth-order valence-corrected chi connectivity index (χ4v) is 1.49. The second kappa shape index (κ2) is 4.97. The highest BCUT2D eigenvalue weighted by Gasteiger charge is 2.26. The van der Waals surface area contributed by atoms with E-state index in [0.29, 0.717) is 6.54 Å². The summed E-state index contributed by atoms with van der Waals surface area (Å²) < 4.78 is 0.913. The van der Waals surface area contributed by atoms with Crippen molar-refractivity contribution < 1.29 is 4.79 Å². The fraction of sp³-hybridized carbons (Fsp3) is 0.417. The predicted molar refractivity (Wildman–Crippen MR) is 70.3 cm³/mol. The van der Waals surface area contributed by atoms with Gasteiger partial charge in [0, 0.05) is 11.0 Å². The van der Waals surface area contributed by atoms with Gasteiger partial charge in [-0.05, 0) is 48.3 Å². The molecule has 0 radical (unpaired) electrons. The molecular formula is C12H17BrN2O. The normalized spacial score (nSPS) is 11.3. The zero-order valence-electron chi connectivity index (χ0n) is 9.80. The lowest BCUT2D eigenvalue weighted by molar-refractivity contribution is -0.123. The number of aryl methyl sites for hydroxylation is 1. The van der Waals surface area contributed by atoms with E-state index in [-0.39, 0.29) is 5.91 Å². The quantitative estimate of drug-likeness (QED) is 0.897. The summed E-state index contributed by atoms with van der Waals surface area (Å²) in [7, 11) is 0. The van der Waals surface area contributed by atoms with Crippen LogP contribution in [0.15, 0.2) is 22.7 Å². The first-order chi connectivity index (χ1) is 7.38. The number of halogens is 1. The van der Waals surface area contributed by atoms with E-state index in [9.17, 15) is 4.79 Å². The Hall–Kier alpha value is -0.870. The number of hydrogen-bond donors (Lipinski definition) is 2. The maximum atomic E-state index is 11.9. The molecule has 0 atom stereocenters. The molecule has 0 aliphatic rings. The lowest BCUT2D eigenvalue weighted by Gasteiger charge is -2.21. The largest absolute Gasteiger partial charge is 0.329 e. The van der Waals surface area contributed by atoms with Crippen molar-refractivity contribution in [1.82, 2.24) is 0 Å². The Morgan fingerprint density at radius 3 is 2.69 bits per heavy atom. The number of hydrogen-bond acceptors (Lipinski definition) is 2. The minimum absolute atomic E-state index is 0.0682. The summed E-state index contributed by atoms with van der Waals surface area (Å²) in [5, 5.41) is 2.88. The van der Waals surface area contributed by atoms with Gasteiger partial charge in [0.2, 0.25) is 5.91 Å². The number of benzene rings is 1. The summed E-state index contributed by atoms with van der Waals surface area (Å²) in [6.07, 6.45) is 0. The third-order valence-corrected chi connectivity index (χ3v) is 3.62. The van der Waals surface area contributed by atoms with Gasteiger partial charge in [-0.25, -0.2) is 0 Å². The number of nitrogens with two attached hydrogens (primary N) is 1. The van der Waals surface area contributed by atoms with Gasteiger partial charge in [0.15, 0.2) is 0 Å². The number of anilines is 1. The van der Waals surface area contributed by atoms with Gasteiger partial charge in [0.1, 0.15) is 0 Å². The van der Waals surface area contributed by atoms with Crippen LogP contribution in [0.2, 0.25) is 0 Å². The van der Waals surface area contributed by atoms with Gasteiger partial charge in [0.25, 0.3) is 0 Å². The van der Waals surface area contributed by atoms with Crippen LogP contribution in [0.1, 0.15) is 19.4 Å². The molecule has 0 spiro atoms. The molecule has 0 bridgehead atoms. The number of rotatable bonds is 3. The Balaban J connectivity index is 2.90. The molecule has 1 rings (SSSR count). The Labute approximate surface area is 105 Å².